The summed E-state index contributed by atoms with van der Waals surface area (Å²) in [5.41, 5.74) is 1.28. The standard InChI is InChI=1S/C17H28N4S.HI/c1-13(2)16(14-6-4-8-19-10-14)12-21-17(18-3)20-11-15-7-5-9-22-15;/h4,6,8,10,13,15-16H,5,7,9,11-12H2,1-3H3,(H2,18,20,21);1H. The molecule has 130 valence electrons. The predicted octanol–water partition coefficient (Wildman–Crippen LogP) is 3.50. The van der Waals surface area contributed by atoms with Gasteiger partial charge in [-0.25, -0.2) is 0 Å². The summed E-state index contributed by atoms with van der Waals surface area (Å²) in [5, 5.41) is 7.67. The Balaban J connectivity index is 0.00000264. The molecule has 1 aliphatic rings. The molecule has 1 aliphatic heterocycles. The molecule has 1 saturated heterocycles. The third-order valence-electron chi connectivity index (χ3n) is 4.15. The van der Waals surface area contributed by atoms with Crippen molar-refractivity contribution in [1.29, 1.82) is 0 Å². The van der Waals surface area contributed by atoms with Crippen LogP contribution in [0.15, 0.2) is 29.5 Å². The van der Waals surface area contributed by atoms with Crippen molar-refractivity contribution in [1.82, 2.24) is 15.6 Å². The summed E-state index contributed by atoms with van der Waals surface area (Å²) in [6.07, 6.45) is 6.46. The molecular weight excluding hydrogens is 419 g/mol. The van der Waals surface area contributed by atoms with E-state index >= 15 is 0 Å². The normalized spacial score (nSPS) is 19.3. The highest BCUT2D eigenvalue weighted by Crippen LogP contribution is 2.25. The Kier molecular flexibility index (Phi) is 9.94. The van der Waals surface area contributed by atoms with Crippen molar-refractivity contribution in [2.45, 2.75) is 37.9 Å². The monoisotopic (exact) mass is 448 g/mol. The van der Waals surface area contributed by atoms with Crippen molar-refractivity contribution < 1.29 is 0 Å². The average molecular weight is 448 g/mol. The van der Waals surface area contributed by atoms with E-state index in [0.717, 1.165) is 24.3 Å². The number of thioether (sulfide) groups is 1. The van der Waals surface area contributed by atoms with Gasteiger partial charge in [-0.3, -0.25) is 9.98 Å². The number of nitrogens with one attached hydrogen (secondary N) is 2. The molecule has 0 radical (unpaired) electrons. The van der Waals surface area contributed by atoms with Gasteiger partial charge in [-0.05, 0) is 36.1 Å². The first-order chi connectivity index (χ1) is 10.7. The Morgan fingerprint density at radius 1 is 1.43 bits per heavy atom. The lowest BCUT2D eigenvalue weighted by Gasteiger charge is -2.23. The van der Waals surface area contributed by atoms with Crippen LogP contribution in [0.4, 0.5) is 0 Å². The molecule has 1 aromatic heterocycles. The van der Waals surface area contributed by atoms with Gasteiger partial charge in [0.2, 0.25) is 0 Å². The average Bonchev–Trinajstić information content (AvgIpc) is 3.04. The second-order valence-electron chi connectivity index (χ2n) is 6.11. The summed E-state index contributed by atoms with van der Waals surface area (Å²) < 4.78 is 0. The Morgan fingerprint density at radius 3 is 2.83 bits per heavy atom. The minimum Gasteiger partial charge on any atom is -0.356 e. The van der Waals surface area contributed by atoms with E-state index < -0.39 is 0 Å². The molecule has 4 nitrogen and oxygen atoms in total. The smallest absolute Gasteiger partial charge is 0.191 e. The molecule has 23 heavy (non-hydrogen) atoms. The van der Waals surface area contributed by atoms with Gasteiger partial charge >= 0.3 is 0 Å². The van der Waals surface area contributed by atoms with Gasteiger partial charge in [0.15, 0.2) is 5.96 Å². The first-order valence-corrected chi connectivity index (χ1v) is 9.21. The number of guanidine groups is 1. The zero-order valence-corrected chi connectivity index (χ0v) is 17.4. The minimum atomic E-state index is 0. The van der Waals surface area contributed by atoms with Crippen LogP contribution in [0.2, 0.25) is 0 Å². The van der Waals surface area contributed by atoms with E-state index in [2.05, 4.69) is 52.3 Å². The number of aromatic nitrogens is 1. The van der Waals surface area contributed by atoms with Crippen LogP contribution in [0.25, 0.3) is 0 Å². The topological polar surface area (TPSA) is 49.3 Å². The van der Waals surface area contributed by atoms with E-state index in [-0.39, 0.29) is 24.0 Å². The maximum absolute atomic E-state index is 4.34. The highest BCUT2D eigenvalue weighted by atomic mass is 127. The third-order valence-corrected chi connectivity index (χ3v) is 5.55. The second-order valence-corrected chi connectivity index (χ2v) is 7.51. The predicted molar refractivity (Wildman–Crippen MR) is 112 cm³/mol. The fourth-order valence-corrected chi connectivity index (χ4v) is 3.98. The van der Waals surface area contributed by atoms with Crippen LogP contribution in [0.5, 0.6) is 0 Å². The van der Waals surface area contributed by atoms with Gasteiger partial charge in [-0.1, -0.05) is 19.9 Å². The lowest BCUT2D eigenvalue weighted by molar-refractivity contribution is 0.487. The maximum Gasteiger partial charge on any atom is 0.191 e. The van der Waals surface area contributed by atoms with Gasteiger partial charge < -0.3 is 10.6 Å². The number of aliphatic imine (C=N–C) groups is 1. The molecular formula is C17H29IN4S. The molecule has 0 saturated carbocycles. The zero-order valence-electron chi connectivity index (χ0n) is 14.3. The van der Waals surface area contributed by atoms with Crippen molar-refractivity contribution in [2.24, 2.45) is 10.9 Å². The molecule has 1 aromatic rings. The Morgan fingerprint density at radius 2 is 2.26 bits per heavy atom. The van der Waals surface area contributed by atoms with Crippen LogP contribution < -0.4 is 10.6 Å². The van der Waals surface area contributed by atoms with Gasteiger partial charge in [0.05, 0.1) is 0 Å². The Labute approximate surface area is 161 Å². The first kappa shape index (κ1) is 20.5. The van der Waals surface area contributed by atoms with E-state index in [1.165, 1.54) is 24.2 Å². The van der Waals surface area contributed by atoms with E-state index in [1.807, 2.05) is 25.5 Å². The molecule has 0 spiro atoms. The van der Waals surface area contributed by atoms with Crippen LogP contribution >= 0.6 is 35.7 Å². The van der Waals surface area contributed by atoms with Crippen molar-refractivity contribution in [3.05, 3.63) is 30.1 Å². The molecule has 1 fully saturated rings. The first-order valence-electron chi connectivity index (χ1n) is 8.16. The molecule has 0 aromatic carbocycles. The van der Waals surface area contributed by atoms with Crippen LogP contribution in [0, 0.1) is 5.92 Å². The molecule has 6 heteroatoms. The minimum absolute atomic E-state index is 0. The molecule has 2 unspecified atom stereocenters. The van der Waals surface area contributed by atoms with E-state index in [0.29, 0.717) is 11.8 Å². The van der Waals surface area contributed by atoms with Crippen LogP contribution in [0.3, 0.4) is 0 Å². The van der Waals surface area contributed by atoms with Gasteiger partial charge in [-0.2, -0.15) is 11.8 Å². The molecule has 2 rings (SSSR count). The van der Waals surface area contributed by atoms with E-state index in [9.17, 15) is 0 Å². The summed E-state index contributed by atoms with van der Waals surface area (Å²) in [7, 11) is 1.84. The van der Waals surface area contributed by atoms with Crippen LogP contribution in [0.1, 0.15) is 38.2 Å². The number of hydrogen-bond acceptors (Lipinski definition) is 3. The fourth-order valence-electron chi connectivity index (χ4n) is 2.78. The van der Waals surface area contributed by atoms with E-state index in [1.54, 1.807) is 0 Å². The summed E-state index contributed by atoms with van der Waals surface area (Å²) in [6, 6.07) is 4.17. The quantitative estimate of drug-likeness (QED) is 0.398. The largest absolute Gasteiger partial charge is 0.356 e. The molecule has 0 amide bonds. The molecule has 2 N–H and O–H groups in total. The van der Waals surface area contributed by atoms with Gasteiger partial charge in [-0.15, -0.1) is 24.0 Å². The summed E-state index contributed by atoms with van der Waals surface area (Å²) in [4.78, 5) is 8.59. The molecule has 0 bridgehead atoms. The number of nitrogens with zero attached hydrogens (tertiary/aromatic N) is 2. The van der Waals surface area contributed by atoms with Crippen molar-refractivity contribution in [3.63, 3.8) is 0 Å². The molecule has 2 heterocycles. The molecule has 2 atom stereocenters. The third kappa shape index (κ3) is 6.87. The second kappa shape index (κ2) is 11.1. The summed E-state index contributed by atoms with van der Waals surface area (Å²) in [5.74, 6) is 3.20. The number of hydrogen-bond donors (Lipinski definition) is 2. The highest BCUT2D eigenvalue weighted by Gasteiger charge is 2.18. The van der Waals surface area contributed by atoms with Gasteiger partial charge in [0.1, 0.15) is 0 Å². The van der Waals surface area contributed by atoms with Gasteiger partial charge in [0, 0.05) is 43.7 Å². The summed E-state index contributed by atoms with van der Waals surface area (Å²) in [6.45, 7) is 6.39. The fraction of sp³-hybridized carbons (Fsp3) is 0.647. The SMILES string of the molecule is CN=C(NCC1CCCS1)NCC(c1cccnc1)C(C)C.I. The van der Waals surface area contributed by atoms with Crippen molar-refractivity contribution >= 4 is 41.7 Å². The van der Waals surface area contributed by atoms with Crippen LogP contribution in [-0.2, 0) is 0 Å². The lowest BCUT2D eigenvalue weighted by Crippen LogP contribution is -2.42. The number of pyridine rings is 1. The number of rotatable bonds is 6. The van der Waals surface area contributed by atoms with Crippen LogP contribution in [-0.4, -0.2) is 42.1 Å². The maximum atomic E-state index is 4.34. The Bertz CT molecular complexity index is 461. The van der Waals surface area contributed by atoms with Gasteiger partial charge in [0.25, 0.3) is 0 Å². The Hall–Kier alpha value is -0.500. The lowest BCUT2D eigenvalue weighted by atomic mass is 9.89. The summed E-state index contributed by atoms with van der Waals surface area (Å²) >= 11 is 2.07. The van der Waals surface area contributed by atoms with Crippen molar-refractivity contribution in [3.8, 4) is 0 Å². The van der Waals surface area contributed by atoms with E-state index in [4.69, 9.17) is 0 Å². The molecule has 0 aliphatic carbocycles. The highest BCUT2D eigenvalue weighted by molar-refractivity contribution is 14.0. The number of halogens is 1. The zero-order chi connectivity index (χ0) is 15.8. The van der Waals surface area contributed by atoms with Crippen molar-refractivity contribution in [2.75, 3.05) is 25.9 Å².